The van der Waals surface area contributed by atoms with Gasteiger partial charge in [0.05, 0.1) is 0 Å². The zero-order valence-corrected chi connectivity index (χ0v) is 6.53. The summed E-state index contributed by atoms with van der Waals surface area (Å²) < 4.78 is 13.0. The van der Waals surface area contributed by atoms with Crippen molar-refractivity contribution in [3.8, 4) is 0 Å². The molecule has 0 heterocycles. The number of carbonyl (C=O) groups is 1. The number of hydrogen-bond donors (Lipinski definition) is 3. The molecule has 0 aliphatic rings. The van der Waals surface area contributed by atoms with Gasteiger partial charge in [0.1, 0.15) is 0 Å². The summed E-state index contributed by atoms with van der Waals surface area (Å²) in [6.07, 6.45) is -1.23. The zero-order valence-electron chi connectivity index (χ0n) is 5.53. The fourth-order valence-electron chi connectivity index (χ4n) is 0.0861. The third-order valence-corrected chi connectivity index (χ3v) is 0.564. The van der Waals surface area contributed by atoms with Crippen molar-refractivity contribution in [3.05, 3.63) is 0 Å². The third-order valence-electron chi connectivity index (χ3n) is 0.188. The lowest BCUT2D eigenvalue weighted by molar-refractivity contribution is 0.207. The molecule has 62 valence electrons. The average Bonchev–Trinajstić information content (AvgIpc) is 1.62. The molecule has 5 N–H and O–H groups in total. The predicted octanol–water partition coefficient (Wildman–Crippen LogP) is -0.571. The molecule has 6 nitrogen and oxygen atoms in total. The van der Waals surface area contributed by atoms with E-state index in [1.807, 2.05) is 6.92 Å². The van der Waals surface area contributed by atoms with E-state index in [4.69, 9.17) is 10.6 Å². The predicted molar refractivity (Wildman–Crippen MR) is 36.6 cm³/mol. The summed E-state index contributed by atoms with van der Waals surface area (Å²) in [5.74, 6) is 0. The molecule has 0 fully saturated rings. The molecule has 1 amide bonds. The minimum atomic E-state index is -3.16. The van der Waals surface area contributed by atoms with Gasteiger partial charge in [0, 0.05) is 0 Å². The molecular formula is C3H11N2O4P. The SMILES string of the molecule is CCN.NC(=O)O[PH](=O)O. The second-order valence-corrected chi connectivity index (χ2v) is 1.83. The van der Waals surface area contributed by atoms with Crippen LogP contribution in [-0.4, -0.2) is 17.5 Å². The van der Waals surface area contributed by atoms with Crippen LogP contribution < -0.4 is 11.5 Å². The number of hydrogen-bond acceptors (Lipinski definition) is 4. The minimum absolute atomic E-state index is 0.750. The number of carbonyl (C=O) groups excluding carboxylic acids is 1. The quantitative estimate of drug-likeness (QED) is 0.455. The molecule has 0 spiro atoms. The molecule has 1 atom stereocenters. The van der Waals surface area contributed by atoms with E-state index < -0.39 is 14.3 Å². The molecular weight excluding hydrogens is 159 g/mol. The highest BCUT2D eigenvalue weighted by atomic mass is 31.1. The van der Waals surface area contributed by atoms with Gasteiger partial charge in [-0.2, -0.15) is 0 Å². The topological polar surface area (TPSA) is 116 Å². The van der Waals surface area contributed by atoms with Crippen LogP contribution in [0.4, 0.5) is 4.79 Å². The summed E-state index contributed by atoms with van der Waals surface area (Å²) >= 11 is 0. The smallest absolute Gasteiger partial charge is 0.377 e. The van der Waals surface area contributed by atoms with Crippen molar-refractivity contribution in [1.82, 2.24) is 0 Å². The standard InChI is InChI=1S/C2H7N.CH4NO4P/c1-2-3;2-1(3)6-7(4)5/h2-3H2,1H3;7H,(H2,2,3)(H,4,5). The molecule has 7 heteroatoms. The van der Waals surface area contributed by atoms with Crippen molar-refractivity contribution >= 4 is 14.3 Å². The van der Waals surface area contributed by atoms with E-state index in [0.29, 0.717) is 0 Å². The number of primary amides is 1. The Hall–Kier alpha value is -0.580. The van der Waals surface area contributed by atoms with Crippen LogP contribution in [0.2, 0.25) is 0 Å². The van der Waals surface area contributed by atoms with Gasteiger partial charge < -0.3 is 20.9 Å². The highest BCUT2D eigenvalue weighted by Gasteiger charge is 1.93. The van der Waals surface area contributed by atoms with Gasteiger partial charge in [0.15, 0.2) is 0 Å². The van der Waals surface area contributed by atoms with Crippen molar-refractivity contribution in [2.45, 2.75) is 6.92 Å². The molecule has 0 saturated carbocycles. The summed E-state index contributed by atoms with van der Waals surface area (Å²) in [7, 11) is -3.16. The van der Waals surface area contributed by atoms with Crippen molar-refractivity contribution < 1.29 is 18.8 Å². The first kappa shape index (κ1) is 12.1. The molecule has 0 aromatic rings. The molecule has 0 aliphatic carbocycles. The van der Waals surface area contributed by atoms with Crippen molar-refractivity contribution in [1.29, 1.82) is 0 Å². The Balaban J connectivity index is 0. The maximum atomic E-state index is 9.48. The molecule has 0 saturated heterocycles. The van der Waals surface area contributed by atoms with Crippen LogP contribution in [0.1, 0.15) is 6.92 Å². The largest absolute Gasteiger partial charge is 0.410 e. The van der Waals surface area contributed by atoms with E-state index in [2.05, 4.69) is 10.3 Å². The van der Waals surface area contributed by atoms with Gasteiger partial charge in [0.25, 0.3) is 0 Å². The fourth-order valence-corrected chi connectivity index (χ4v) is 0.258. The molecule has 0 bridgehead atoms. The monoisotopic (exact) mass is 170 g/mol. The van der Waals surface area contributed by atoms with Gasteiger partial charge in [-0.05, 0) is 6.54 Å². The Bertz CT molecular complexity index is 105. The van der Waals surface area contributed by atoms with Crippen LogP contribution >= 0.6 is 8.25 Å². The lowest BCUT2D eigenvalue weighted by Crippen LogP contribution is -2.07. The maximum Gasteiger partial charge on any atom is 0.410 e. The van der Waals surface area contributed by atoms with E-state index in [-0.39, 0.29) is 0 Å². The van der Waals surface area contributed by atoms with Crippen LogP contribution in [0.3, 0.4) is 0 Å². The highest BCUT2D eigenvalue weighted by Crippen LogP contribution is 2.12. The van der Waals surface area contributed by atoms with Gasteiger partial charge in [0.2, 0.25) is 0 Å². The molecule has 0 aromatic heterocycles. The highest BCUT2D eigenvalue weighted by molar-refractivity contribution is 7.32. The maximum absolute atomic E-state index is 9.48. The summed E-state index contributed by atoms with van der Waals surface area (Å²) in [6.45, 7) is 2.65. The van der Waals surface area contributed by atoms with E-state index >= 15 is 0 Å². The van der Waals surface area contributed by atoms with E-state index in [9.17, 15) is 9.36 Å². The van der Waals surface area contributed by atoms with E-state index in [1.165, 1.54) is 0 Å². The molecule has 10 heavy (non-hydrogen) atoms. The average molecular weight is 170 g/mol. The van der Waals surface area contributed by atoms with E-state index in [1.54, 1.807) is 0 Å². The first-order chi connectivity index (χ1) is 4.54. The van der Waals surface area contributed by atoms with Gasteiger partial charge >= 0.3 is 14.3 Å². The van der Waals surface area contributed by atoms with Crippen LogP contribution in [0.25, 0.3) is 0 Å². The summed E-state index contributed by atoms with van der Waals surface area (Å²) in [4.78, 5) is 17.2. The van der Waals surface area contributed by atoms with Gasteiger partial charge in [-0.1, -0.05) is 6.92 Å². The number of amides is 1. The zero-order chi connectivity index (χ0) is 8.57. The Morgan fingerprint density at radius 3 is 2.10 bits per heavy atom. The van der Waals surface area contributed by atoms with Crippen molar-refractivity contribution in [2.75, 3.05) is 6.54 Å². The second kappa shape index (κ2) is 8.42. The second-order valence-electron chi connectivity index (χ2n) is 1.10. The molecule has 0 radical (unpaired) electrons. The van der Waals surface area contributed by atoms with Crippen molar-refractivity contribution in [3.63, 3.8) is 0 Å². The first-order valence-electron chi connectivity index (χ1n) is 2.44. The summed E-state index contributed by atoms with van der Waals surface area (Å²) in [5, 5.41) is 0. The van der Waals surface area contributed by atoms with Crippen LogP contribution in [0, 0.1) is 0 Å². The first-order valence-corrected chi connectivity index (χ1v) is 3.71. The normalized spacial score (nSPS) is 10.7. The van der Waals surface area contributed by atoms with E-state index in [0.717, 1.165) is 6.54 Å². The van der Waals surface area contributed by atoms with Gasteiger partial charge in [-0.25, -0.2) is 9.36 Å². The molecule has 0 rings (SSSR count). The number of nitrogens with two attached hydrogens (primary N) is 2. The lowest BCUT2D eigenvalue weighted by Gasteiger charge is -1.88. The van der Waals surface area contributed by atoms with Crippen LogP contribution in [0.15, 0.2) is 0 Å². The Kier molecular flexibility index (Phi) is 10.2. The Morgan fingerprint density at radius 2 is 2.10 bits per heavy atom. The number of rotatable bonds is 1. The van der Waals surface area contributed by atoms with Crippen LogP contribution in [-0.2, 0) is 9.09 Å². The van der Waals surface area contributed by atoms with Crippen LogP contribution in [0.5, 0.6) is 0 Å². The molecule has 1 unspecified atom stereocenters. The minimum Gasteiger partial charge on any atom is -0.377 e. The molecule has 0 aliphatic heterocycles. The van der Waals surface area contributed by atoms with Gasteiger partial charge in [-0.3, -0.25) is 0 Å². The third kappa shape index (κ3) is 26.1. The Labute approximate surface area is 59.1 Å². The summed E-state index contributed by atoms with van der Waals surface area (Å²) in [6, 6.07) is 0. The Morgan fingerprint density at radius 1 is 1.80 bits per heavy atom. The lowest BCUT2D eigenvalue weighted by atomic mass is 10.8. The van der Waals surface area contributed by atoms with Gasteiger partial charge in [-0.15, -0.1) is 0 Å². The fraction of sp³-hybridized carbons (Fsp3) is 0.667. The summed E-state index contributed by atoms with van der Waals surface area (Å²) in [5.41, 5.74) is 9.14. The molecule has 0 aromatic carbocycles. The van der Waals surface area contributed by atoms with Crippen molar-refractivity contribution in [2.24, 2.45) is 11.5 Å².